The fourth-order valence-corrected chi connectivity index (χ4v) is 5.76. The van der Waals surface area contributed by atoms with Gasteiger partial charge in [-0.2, -0.15) is 34.6 Å². The third kappa shape index (κ3) is 8.25. The molecule has 0 aromatic heterocycles. The number of hydrogen-bond donors (Lipinski definition) is 2. The van der Waals surface area contributed by atoms with Gasteiger partial charge in [-0.25, -0.2) is 8.42 Å². The smallest absolute Gasteiger partial charge is 0.235 e. The van der Waals surface area contributed by atoms with Crippen LogP contribution in [0.2, 0.25) is 0 Å². The Hall–Kier alpha value is -1.12. The van der Waals surface area contributed by atoms with Gasteiger partial charge in [0.1, 0.15) is 0 Å². The van der Waals surface area contributed by atoms with Gasteiger partial charge in [-0.05, 0) is 60.4 Å². The Bertz CT molecular complexity index is 949. The Morgan fingerprint density at radius 1 is 1.09 bits per heavy atom. The number of nitrogens with one attached hydrogen (secondary N) is 1. The Kier molecular flexibility index (Phi) is 11.7. The number of amides is 1. The summed E-state index contributed by atoms with van der Waals surface area (Å²) in [7, 11) is -3.81. The zero-order valence-corrected chi connectivity index (χ0v) is 23.0. The third-order valence-corrected chi connectivity index (χ3v) is 8.20. The molecule has 1 unspecified atom stereocenters. The molecule has 0 heterocycles. The van der Waals surface area contributed by atoms with Crippen LogP contribution >= 0.6 is 0 Å². The maximum atomic E-state index is 13.3. The van der Waals surface area contributed by atoms with Gasteiger partial charge in [0.25, 0.3) is 0 Å². The maximum absolute atomic E-state index is 13.3. The van der Waals surface area contributed by atoms with E-state index in [2.05, 4.69) is 11.4 Å². The predicted octanol–water partition coefficient (Wildman–Crippen LogP) is 3.16. The standard InChI is InChI=1S/C25H34N3O3S.Y/c1-20(23-8-4-2-5-9-23)18-28(32(30,31)24-10-6-3-7-11-24)19-25(29)27-17-22-14-12-21(16-26)13-15-22;/h2,4-11,20-22H,12-19,26H2,1H3,(H,27,29);/q-1;. The van der Waals surface area contributed by atoms with E-state index in [0.29, 0.717) is 18.4 Å². The Balaban J connectivity index is 0.00000385. The van der Waals surface area contributed by atoms with E-state index in [1.807, 2.05) is 37.3 Å². The Labute approximate surface area is 223 Å². The molecule has 1 aliphatic rings. The molecule has 2 aromatic carbocycles. The van der Waals surface area contributed by atoms with Gasteiger partial charge in [0, 0.05) is 45.8 Å². The average molecular weight is 546 g/mol. The van der Waals surface area contributed by atoms with Gasteiger partial charge in [0.05, 0.1) is 6.54 Å². The summed E-state index contributed by atoms with van der Waals surface area (Å²) < 4.78 is 28.0. The predicted molar refractivity (Wildman–Crippen MR) is 126 cm³/mol. The van der Waals surface area contributed by atoms with E-state index in [9.17, 15) is 13.2 Å². The zero-order chi connectivity index (χ0) is 23.0. The van der Waals surface area contributed by atoms with Crippen LogP contribution in [0.4, 0.5) is 0 Å². The van der Waals surface area contributed by atoms with Crippen LogP contribution in [0.25, 0.3) is 0 Å². The number of benzene rings is 2. The summed E-state index contributed by atoms with van der Waals surface area (Å²) in [6.07, 6.45) is 4.29. The molecule has 3 N–H and O–H groups in total. The van der Waals surface area contributed by atoms with Crippen molar-refractivity contribution in [3.05, 3.63) is 66.2 Å². The molecule has 3 rings (SSSR count). The van der Waals surface area contributed by atoms with Gasteiger partial charge >= 0.3 is 0 Å². The monoisotopic (exact) mass is 545 g/mol. The molecule has 1 aliphatic carbocycles. The topological polar surface area (TPSA) is 92.5 Å². The number of nitrogens with two attached hydrogens (primary N) is 1. The van der Waals surface area contributed by atoms with Crippen molar-refractivity contribution >= 4 is 15.9 Å². The number of rotatable bonds is 10. The molecule has 1 radical (unpaired) electrons. The maximum Gasteiger partial charge on any atom is 0.235 e. The minimum atomic E-state index is -3.81. The summed E-state index contributed by atoms with van der Waals surface area (Å²) >= 11 is 0. The fraction of sp³-hybridized carbons (Fsp3) is 0.480. The minimum absolute atomic E-state index is 0. The molecule has 6 nitrogen and oxygen atoms in total. The first-order chi connectivity index (χ1) is 15.4. The normalized spacial score (nSPS) is 19.5. The van der Waals surface area contributed by atoms with Crippen LogP contribution in [0.1, 0.15) is 44.1 Å². The van der Waals surface area contributed by atoms with Crippen molar-refractivity contribution in [1.82, 2.24) is 9.62 Å². The van der Waals surface area contributed by atoms with E-state index in [1.54, 1.807) is 12.1 Å². The second kappa shape index (κ2) is 13.7. The molecule has 177 valence electrons. The van der Waals surface area contributed by atoms with Crippen LogP contribution in [-0.2, 0) is 47.5 Å². The molecular formula is C25H34N3O3SY-. The largest absolute Gasteiger partial charge is 0.355 e. The first-order valence-electron chi connectivity index (χ1n) is 11.4. The SMILES string of the molecule is CC(CN(CC(=O)NCC1CCC(CN)CC1)S(=O)(=O)c1cc[c-]cc1)c1ccccc1.[Y]. The van der Waals surface area contributed by atoms with Crippen molar-refractivity contribution in [2.45, 2.75) is 43.4 Å². The molecule has 2 aromatic rings. The van der Waals surface area contributed by atoms with E-state index < -0.39 is 10.0 Å². The van der Waals surface area contributed by atoms with Crippen molar-refractivity contribution in [1.29, 1.82) is 0 Å². The molecular weight excluding hydrogens is 511 g/mol. The molecule has 1 saturated carbocycles. The van der Waals surface area contributed by atoms with Crippen LogP contribution in [-0.4, -0.2) is 44.8 Å². The van der Waals surface area contributed by atoms with Gasteiger partial charge in [0.15, 0.2) is 0 Å². The van der Waals surface area contributed by atoms with Crippen molar-refractivity contribution in [2.24, 2.45) is 17.6 Å². The quantitative estimate of drug-likeness (QED) is 0.449. The zero-order valence-electron chi connectivity index (χ0n) is 19.3. The summed E-state index contributed by atoms with van der Waals surface area (Å²) in [5, 5.41) is 2.97. The molecule has 33 heavy (non-hydrogen) atoms. The van der Waals surface area contributed by atoms with Crippen LogP contribution < -0.4 is 11.1 Å². The minimum Gasteiger partial charge on any atom is -0.355 e. The van der Waals surface area contributed by atoms with Gasteiger partial charge in [0.2, 0.25) is 15.9 Å². The van der Waals surface area contributed by atoms with Gasteiger partial charge in [-0.15, -0.1) is 0 Å². The molecule has 8 heteroatoms. The molecule has 1 fully saturated rings. The summed E-state index contributed by atoms with van der Waals surface area (Å²) in [5.41, 5.74) is 6.80. The van der Waals surface area contributed by atoms with E-state index in [1.165, 1.54) is 16.4 Å². The van der Waals surface area contributed by atoms with E-state index >= 15 is 0 Å². The van der Waals surface area contributed by atoms with Gasteiger partial charge < -0.3 is 11.1 Å². The first-order valence-corrected chi connectivity index (χ1v) is 12.8. The van der Waals surface area contributed by atoms with E-state index in [0.717, 1.165) is 37.8 Å². The van der Waals surface area contributed by atoms with Crippen LogP contribution in [0.5, 0.6) is 0 Å². The molecule has 0 spiro atoms. The van der Waals surface area contributed by atoms with Gasteiger partial charge in [-0.3, -0.25) is 4.79 Å². The molecule has 0 saturated heterocycles. The second-order valence-electron chi connectivity index (χ2n) is 8.77. The Morgan fingerprint density at radius 2 is 1.70 bits per heavy atom. The van der Waals surface area contributed by atoms with Crippen LogP contribution in [0.15, 0.2) is 59.5 Å². The van der Waals surface area contributed by atoms with Crippen molar-refractivity contribution in [3.63, 3.8) is 0 Å². The van der Waals surface area contributed by atoms with Crippen molar-refractivity contribution in [2.75, 3.05) is 26.2 Å². The number of sulfonamides is 1. The number of carbonyl (C=O) groups is 1. The average Bonchev–Trinajstić information content (AvgIpc) is 2.83. The number of carbonyl (C=O) groups excluding carboxylic acids is 1. The summed E-state index contributed by atoms with van der Waals surface area (Å²) in [6.45, 7) is 3.31. The third-order valence-electron chi connectivity index (χ3n) is 6.38. The second-order valence-corrected chi connectivity index (χ2v) is 10.7. The number of hydrogen-bond acceptors (Lipinski definition) is 4. The number of nitrogens with zero attached hydrogens (tertiary/aromatic N) is 1. The molecule has 1 amide bonds. The van der Waals surface area contributed by atoms with E-state index in [-0.39, 0.29) is 62.5 Å². The Morgan fingerprint density at radius 3 is 2.30 bits per heavy atom. The summed E-state index contributed by atoms with van der Waals surface area (Å²) in [4.78, 5) is 12.9. The first kappa shape index (κ1) is 28.1. The van der Waals surface area contributed by atoms with Crippen LogP contribution in [0.3, 0.4) is 0 Å². The van der Waals surface area contributed by atoms with Crippen molar-refractivity contribution < 1.29 is 45.9 Å². The van der Waals surface area contributed by atoms with Crippen LogP contribution in [0, 0.1) is 17.9 Å². The van der Waals surface area contributed by atoms with Gasteiger partial charge in [-0.1, -0.05) is 37.3 Å². The molecule has 0 bridgehead atoms. The van der Waals surface area contributed by atoms with Crippen molar-refractivity contribution in [3.8, 4) is 0 Å². The molecule has 0 aliphatic heterocycles. The fourth-order valence-electron chi connectivity index (χ4n) is 4.28. The van der Waals surface area contributed by atoms with E-state index in [4.69, 9.17) is 5.73 Å². The molecule has 1 atom stereocenters. The summed E-state index contributed by atoms with van der Waals surface area (Å²) in [6, 6.07) is 18.8. The summed E-state index contributed by atoms with van der Waals surface area (Å²) in [5.74, 6) is 0.697.